The van der Waals surface area contributed by atoms with E-state index in [1.807, 2.05) is 30.3 Å². The quantitative estimate of drug-likeness (QED) is 0.855. The highest BCUT2D eigenvalue weighted by Gasteiger charge is 2.56. The molecular formula is C17H21NO5. The summed E-state index contributed by atoms with van der Waals surface area (Å²) < 4.78 is 10.4. The van der Waals surface area contributed by atoms with Crippen molar-refractivity contribution in [1.29, 1.82) is 0 Å². The maximum Gasteiger partial charge on any atom is 0.411 e. The van der Waals surface area contributed by atoms with E-state index in [2.05, 4.69) is 0 Å². The fourth-order valence-corrected chi connectivity index (χ4v) is 3.60. The van der Waals surface area contributed by atoms with Gasteiger partial charge in [0.15, 0.2) is 0 Å². The molecule has 1 saturated heterocycles. The zero-order chi connectivity index (χ0) is 16.4. The van der Waals surface area contributed by atoms with Crippen LogP contribution in [0, 0.1) is 5.92 Å². The number of carbonyl (C=O) groups is 2. The second kappa shape index (κ2) is 6.58. The number of esters is 1. The van der Waals surface area contributed by atoms with Gasteiger partial charge < -0.3 is 14.6 Å². The first-order chi connectivity index (χ1) is 11.1. The van der Waals surface area contributed by atoms with Crippen LogP contribution in [-0.2, 0) is 20.9 Å². The van der Waals surface area contributed by atoms with Crippen LogP contribution in [0.25, 0.3) is 0 Å². The normalized spacial score (nSPS) is 28.7. The van der Waals surface area contributed by atoms with Gasteiger partial charge in [0.05, 0.1) is 18.8 Å². The number of rotatable bonds is 4. The van der Waals surface area contributed by atoms with E-state index in [4.69, 9.17) is 9.47 Å². The number of aliphatic hydroxyl groups excluding tert-OH is 1. The third-order valence-corrected chi connectivity index (χ3v) is 4.58. The first-order valence-electron chi connectivity index (χ1n) is 7.95. The lowest BCUT2D eigenvalue weighted by molar-refractivity contribution is -0.151. The van der Waals surface area contributed by atoms with E-state index in [9.17, 15) is 14.7 Å². The second-order valence-electron chi connectivity index (χ2n) is 6.01. The van der Waals surface area contributed by atoms with Gasteiger partial charge in [-0.3, -0.25) is 4.90 Å². The van der Waals surface area contributed by atoms with Crippen molar-refractivity contribution in [3.05, 3.63) is 35.9 Å². The molecule has 1 heterocycles. The Morgan fingerprint density at radius 3 is 2.65 bits per heavy atom. The van der Waals surface area contributed by atoms with Crippen LogP contribution in [0.5, 0.6) is 0 Å². The van der Waals surface area contributed by atoms with E-state index in [1.165, 1.54) is 4.90 Å². The molecule has 124 valence electrons. The van der Waals surface area contributed by atoms with E-state index < -0.39 is 24.2 Å². The van der Waals surface area contributed by atoms with Gasteiger partial charge in [-0.2, -0.15) is 0 Å². The lowest BCUT2D eigenvalue weighted by Gasteiger charge is -2.35. The Morgan fingerprint density at radius 2 is 1.96 bits per heavy atom. The number of hydrogen-bond donors (Lipinski definition) is 1. The van der Waals surface area contributed by atoms with Gasteiger partial charge in [0, 0.05) is 0 Å². The highest BCUT2D eigenvalue weighted by Crippen LogP contribution is 2.43. The summed E-state index contributed by atoms with van der Waals surface area (Å²) in [6.45, 7) is 2.14. The lowest BCUT2D eigenvalue weighted by atomic mass is 9.98. The Morgan fingerprint density at radius 1 is 1.22 bits per heavy atom. The summed E-state index contributed by atoms with van der Waals surface area (Å²) in [7, 11) is 0. The highest BCUT2D eigenvalue weighted by atomic mass is 16.6. The van der Waals surface area contributed by atoms with Crippen LogP contribution < -0.4 is 0 Å². The lowest BCUT2D eigenvalue weighted by Crippen LogP contribution is -2.54. The van der Waals surface area contributed by atoms with Crippen molar-refractivity contribution >= 4 is 12.1 Å². The maximum atomic E-state index is 12.5. The van der Waals surface area contributed by atoms with Crippen LogP contribution in [-0.4, -0.2) is 46.9 Å². The number of nitrogens with zero attached hydrogens (tertiary/aromatic N) is 1. The standard InChI is InChI=1S/C17H21NO5/c1-2-22-16(20)15-12-8-13(14(19)9-12)18(15)17(21)23-10-11-6-4-3-5-7-11/h3-7,12-15,19H,2,8-10H2,1H3/t12?,13?,14-,15+/m1/s1. The summed E-state index contributed by atoms with van der Waals surface area (Å²) >= 11 is 0. The molecule has 2 fully saturated rings. The van der Waals surface area contributed by atoms with Crippen molar-refractivity contribution in [2.24, 2.45) is 5.92 Å². The molecule has 2 aliphatic rings. The van der Waals surface area contributed by atoms with Crippen molar-refractivity contribution in [2.75, 3.05) is 6.61 Å². The van der Waals surface area contributed by atoms with Crippen LogP contribution in [0.4, 0.5) is 4.79 Å². The molecule has 1 aliphatic heterocycles. The Labute approximate surface area is 135 Å². The molecule has 0 aromatic heterocycles. The minimum absolute atomic E-state index is 0.0571. The van der Waals surface area contributed by atoms with E-state index in [1.54, 1.807) is 6.92 Å². The zero-order valence-electron chi connectivity index (χ0n) is 13.1. The number of fused-ring (bicyclic) bond motifs is 2. The number of ether oxygens (including phenoxy) is 2. The average molecular weight is 319 g/mol. The topological polar surface area (TPSA) is 76.1 Å². The van der Waals surface area contributed by atoms with Crippen LogP contribution >= 0.6 is 0 Å². The Balaban J connectivity index is 1.70. The number of benzene rings is 1. The number of likely N-dealkylation sites (tertiary alicyclic amines) is 1. The minimum Gasteiger partial charge on any atom is -0.464 e. The summed E-state index contributed by atoms with van der Waals surface area (Å²) in [5.41, 5.74) is 0.874. The molecular weight excluding hydrogens is 298 g/mol. The largest absolute Gasteiger partial charge is 0.464 e. The second-order valence-corrected chi connectivity index (χ2v) is 6.01. The Bertz CT molecular complexity index is 576. The van der Waals surface area contributed by atoms with Crippen molar-refractivity contribution in [2.45, 2.75) is 44.6 Å². The van der Waals surface area contributed by atoms with Crippen molar-refractivity contribution in [3.8, 4) is 0 Å². The number of hydrogen-bond acceptors (Lipinski definition) is 5. The first kappa shape index (κ1) is 15.8. The molecule has 1 N–H and O–H groups in total. The number of carbonyl (C=O) groups excluding carboxylic acids is 2. The van der Waals surface area contributed by atoms with Gasteiger partial charge in [-0.15, -0.1) is 0 Å². The molecule has 1 aromatic rings. The summed E-state index contributed by atoms with van der Waals surface area (Å²) in [4.78, 5) is 26.0. The van der Waals surface area contributed by atoms with E-state index in [0.717, 1.165) is 5.56 Å². The van der Waals surface area contributed by atoms with E-state index >= 15 is 0 Å². The smallest absolute Gasteiger partial charge is 0.411 e. The number of piperidine rings is 1. The van der Waals surface area contributed by atoms with Crippen LogP contribution in [0.2, 0.25) is 0 Å². The Kier molecular flexibility index (Phi) is 4.52. The molecule has 6 heteroatoms. The monoisotopic (exact) mass is 319 g/mol. The van der Waals surface area contributed by atoms with Crippen molar-refractivity contribution < 1.29 is 24.2 Å². The third kappa shape index (κ3) is 3.03. The minimum atomic E-state index is -0.647. The molecule has 1 aliphatic carbocycles. The molecule has 0 spiro atoms. The number of amides is 1. The van der Waals surface area contributed by atoms with E-state index in [0.29, 0.717) is 12.8 Å². The molecule has 6 nitrogen and oxygen atoms in total. The molecule has 1 aromatic carbocycles. The third-order valence-electron chi connectivity index (χ3n) is 4.58. The molecule has 1 saturated carbocycles. The molecule has 1 amide bonds. The molecule has 0 radical (unpaired) electrons. The highest BCUT2D eigenvalue weighted by molar-refractivity contribution is 5.83. The van der Waals surface area contributed by atoms with Gasteiger partial charge in [-0.1, -0.05) is 30.3 Å². The van der Waals surface area contributed by atoms with Gasteiger partial charge in [0.1, 0.15) is 12.6 Å². The van der Waals surface area contributed by atoms with Crippen molar-refractivity contribution in [1.82, 2.24) is 4.90 Å². The maximum absolute atomic E-state index is 12.5. The van der Waals surface area contributed by atoms with E-state index in [-0.39, 0.29) is 25.2 Å². The molecule has 23 heavy (non-hydrogen) atoms. The summed E-state index contributed by atoms with van der Waals surface area (Å²) in [5.74, 6) is -0.470. The predicted molar refractivity (Wildman–Crippen MR) is 81.4 cm³/mol. The van der Waals surface area contributed by atoms with Gasteiger partial charge in [0.25, 0.3) is 0 Å². The first-order valence-corrected chi connectivity index (χ1v) is 7.95. The van der Waals surface area contributed by atoms with Gasteiger partial charge in [0.2, 0.25) is 0 Å². The van der Waals surface area contributed by atoms with Crippen molar-refractivity contribution in [3.63, 3.8) is 0 Å². The SMILES string of the molecule is CCOC(=O)[C@@H]1C2CC([C@H](O)C2)N1C(=O)OCc1ccccc1. The molecule has 3 rings (SSSR count). The zero-order valence-corrected chi connectivity index (χ0v) is 13.1. The van der Waals surface area contributed by atoms with Gasteiger partial charge in [-0.25, -0.2) is 9.59 Å². The van der Waals surface area contributed by atoms with Crippen LogP contribution in [0.3, 0.4) is 0 Å². The molecule has 2 bridgehead atoms. The fourth-order valence-electron chi connectivity index (χ4n) is 3.60. The Hall–Kier alpha value is -2.08. The van der Waals surface area contributed by atoms with Gasteiger partial charge >= 0.3 is 12.1 Å². The summed E-state index contributed by atoms with van der Waals surface area (Å²) in [5, 5.41) is 10.1. The van der Waals surface area contributed by atoms with Gasteiger partial charge in [-0.05, 0) is 31.2 Å². The predicted octanol–water partition coefficient (Wildman–Crippen LogP) is 1.71. The van der Waals surface area contributed by atoms with Crippen LogP contribution in [0.15, 0.2) is 30.3 Å². The molecule has 2 unspecified atom stereocenters. The number of aliphatic hydroxyl groups is 1. The summed E-state index contributed by atoms with van der Waals surface area (Å²) in [6.07, 6.45) is -0.0325. The average Bonchev–Trinajstić information content (AvgIpc) is 3.10. The summed E-state index contributed by atoms with van der Waals surface area (Å²) in [6, 6.07) is 8.34. The van der Waals surface area contributed by atoms with Crippen LogP contribution in [0.1, 0.15) is 25.3 Å². The fraction of sp³-hybridized carbons (Fsp3) is 0.529. The molecule has 4 atom stereocenters.